The molecule has 0 bridgehead atoms. The maximum absolute atomic E-state index is 6.82. The Hall–Kier alpha value is -3.38. The Kier molecular flexibility index (Phi) is 5.31. The van der Waals surface area contributed by atoms with E-state index >= 15 is 0 Å². The van der Waals surface area contributed by atoms with Gasteiger partial charge in [0.15, 0.2) is 11.2 Å². The van der Waals surface area contributed by atoms with Gasteiger partial charge < -0.3 is 18.0 Å². The van der Waals surface area contributed by atoms with Gasteiger partial charge in [-0.3, -0.25) is 0 Å². The molecule has 0 aliphatic heterocycles. The topological polar surface area (TPSA) is 36.1 Å². The number of furan rings is 2. The van der Waals surface area contributed by atoms with Crippen molar-refractivity contribution in [3.8, 4) is 11.4 Å². The van der Waals surface area contributed by atoms with Crippen LogP contribution in [-0.4, -0.2) is 9.13 Å². The number of hydrogen-bond acceptors (Lipinski definition) is 6. The summed E-state index contributed by atoms with van der Waals surface area (Å²) >= 11 is 14.7. The summed E-state index contributed by atoms with van der Waals surface area (Å²) in [5, 5.41) is 2.19. The first-order valence-corrected chi connectivity index (χ1v) is 19.5. The second-order valence-electron chi connectivity index (χ2n) is 11.8. The number of halogens is 2. The van der Waals surface area contributed by atoms with Crippen molar-refractivity contribution in [2.75, 3.05) is 0 Å². The van der Waals surface area contributed by atoms with Crippen LogP contribution in [0.5, 0.6) is 0 Å². The lowest BCUT2D eigenvalue weighted by Crippen LogP contribution is -1.92. The molecule has 0 atom stereocenters. The van der Waals surface area contributed by atoms with E-state index in [1.807, 2.05) is 22.7 Å². The fraction of sp³-hybridized carbons (Fsp3) is 0.0556. The Balaban J connectivity index is 1.21. The van der Waals surface area contributed by atoms with Crippen molar-refractivity contribution in [2.45, 2.75) is 13.8 Å². The van der Waals surface area contributed by atoms with Gasteiger partial charge in [0.1, 0.15) is 22.2 Å². The van der Waals surface area contributed by atoms with Gasteiger partial charge in [-0.15, -0.1) is 45.3 Å². The number of nitrogens with zero attached hydrogens (tertiary/aromatic N) is 2. The average Bonchev–Trinajstić information content (AvgIpc) is 3.89. The zero-order valence-corrected chi connectivity index (χ0v) is 30.5. The summed E-state index contributed by atoms with van der Waals surface area (Å²) in [6, 6.07) is 26.3. The molecule has 3 aromatic carbocycles. The molecule has 0 radical (unpaired) electrons. The van der Waals surface area contributed by atoms with Crippen molar-refractivity contribution < 1.29 is 8.83 Å². The minimum atomic E-state index is 0.892. The smallest absolute Gasteiger partial charge is 0.170 e. The van der Waals surface area contributed by atoms with E-state index < -0.39 is 0 Å². The maximum atomic E-state index is 6.82. The van der Waals surface area contributed by atoms with E-state index in [0.29, 0.717) is 0 Å². The van der Waals surface area contributed by atoms with Gasteiger partial charge in [-0.05, 0) is 94.2 Å². The highest BCUT2D eigenvalue weighted by Gasteiger charge is 2.27. The zero-order chi connectivity index (χ0) is 30.6. The highest BCUT2D eigenvalue weighted by molar-refractivity contribution is 9.11. The number of aryl methyl sites for hydroxylation is 2. The number of rotatable bonds is 2. The standard InChI is InChI=1S/C36H18Br2N2O2S4/c1-15-3-7-17(8-4-15)39-21-13-25(37)43-33(21)35-27(39)29-31(45-35)19-11-24-20(12-23(19)41-29)32-30(42-24)28-36(46-32)34-22(14-26(38)44-34)40(28)18-9-5-16(2)6-10-18/h3-14H,1-2H3. The van der Waals surface area contributed by atoms with Gasteiger partial charge in [-0.25, -0.2) is 0 Å². The van der Waals surface area contributed by atoms with Crippen molar-refractivity contribution in [3.05, 3.63) is 91.5 Å². The number of aromatic nitrogens is 2. The van der Waals surface area contributed by atoms with Gasteiger partial charge >= 0.3 is 0 Å². The lowest BCUT2D eigenvalue weighted by atomic mass is 10.2. The third-order valence-corrected chi connectivity index (χ3v) is 14.9. The fourth-order valence-electron chi connectivity index (χ4n) is 6.90. The van der Waals surface area contributed by atoms with E-state index in [4.69, 9.17) is 8.83 Å². The summed E-state index contributed by atoms with van der Waals surface area (Å²) in [4.78, 5) is 0. The summed E-state index contributed by atoms with van der Waals surface area (Å²) < 4.78 is 28.0. The summed E-state index contributed by atoms with van der Waals surface area (Å²) in [5.41, 5.74) is 13.1. The minimum absolute atomic E-state index is 0.892. The number of benzene rings is 3. The lowest BCUT2D eigenvalue weighted by molar-refractivity contribution is 0.666. The normalized spacial score (nSPS) is 12.8. The second kappa shape index (κ2) is 9.15. The minimum Gasteiger partial charge on any atom is -0.453 e. The first-order chi connectivity index (χ1) is 22.4. The molecule has 11 rings (SSSR count). The van der Waals surface area contributed by atoms with Crippen LogP contribution < -0.4 is 0 Å². The van der Waals surface area contributed by atoms with Gasteiger partial charge in [0, 0.05) is 22.1 Å². The highest BCUT2D eigenvalue weighted by Crippen LogP contribution is 2.52. The van der Waals surface area contributed by atoms with Crippen LogP contribution in [0.25, 0.3) is 94.7 Å². The first kappa shape index (κ1) is 26.7. The molecule has 8 aromatic heterocycles. The van der Waals surface area contributed by atoms with Crippen LogP contribution in [0.15, 0.2) is 89.2 Å². The van der Waals surface area contributed by atoms with Crippen LogP contribution in [0.2, 0.25) is 0 Å². The van der Waals surface area contributed by atoms with Crippen molar-refractivity contribution in [1.29, 1.82) is 0 Å². The summed E-state index contributed by atoms with van der Waals surface area (Å²) in [5.74, 6) is 0. The molecule has 10 heteroatoms. The maximum Gasteiger partial charge on any atom is 0.170 e. The van der Waals surface area contributed by atoms with Gasteiger partial charge in [-0.1, -0.05) is 35.4 Å². The molecule has 0 saturated heterocycles. The summed E-state index contributed by atoms with van der Waals surface area (Å²) in [6.45, 7) is 4.25. The Bertz CT molecular complexity index is 2850. The molecule has 0 amide bonds. The van der Waals surface area contributed by atoms with Crippen LogP contribution in [0.1, 0.15) is 11.1 Å². The van der Waals surface area contributed by atoms with Crippen LogP contribution in [-0.2, 0) is 0 Å². The van der Waals surface area contributed by atoms with Crippen molar-refractivity contribution in [2.24, 2.45) is 0 Å². The molecule has 222 valence electrons. The third kappa shape index (κ3) is 3.42. The predicted molar refractivity (Wildman–Crippen MR) is 206 cm³/mol. The van der Waals surface area contributed by atoms with E-state index in [-0.39, 0.29) is 0 Å². The van der Waals surface area contributed by atoms with E-state index in [9.17, 15) is 0 Å². The first-order valence-electron chi connectivity index (χ1n) is 14.6. The van der Waals surface area contributed by atoms with E-state index in [0.717, 1.165) is 72.5 Å². The molecule has 0 aliphatic carbocycles. The molecule has 11 aromatic rings. The molecule has 0 spiro atoms. The van der Waals surface area contributed by atoms with E-state index in [2.05, 4.69) is 128 Å². The van der Waals surface area contributed by atoms with Crippen molar-refractivity contribution >= 4 is 161 Å². The van der Waals surface area contributed by atoms with Gasteiger partial charge in [0.25, 0.3) is 0 Å². The molecule has 46 heavy (non-hydrogen) atoms. The Morgan fingerprint density at radius 1 is 0.500 bits per heavy atom. The molecular weight excluding hydrogens is 780 g/mol. The van der Waals surface area contributed by atoms with Gasteiger partial charge in [0.05, 0.1) is 46.8 Å². The Morgan fingerprint density at radius 3 is 1.33 bits per heavy atom. The van der Waals surface area contributed by atoms with Crippen LogP contribution >= 0.6 is 77.2 Å². The lowest BCUT2D eigenvalue weighted by Gasteiger charge is -2.06. The van der Waals surface area contributed by atoms with Crippen LogP contribution in [0.3, 0.4) is 0 Å². The van der Waals surface area contributed by atoms with Crippen LogP contribution in [0, 0.1) is 13.8 Å². The van der Waals surface area contributed by atoms with Gasteiger partial charge in [-0.2, -0.15) is 0 Å². The molecule has 4 nitrogen and oxygen atoms in total. The molecule has 0 saturated carbocycles. The largest absolute Gasteiger partial charge is 0.453 e. The Morgan fingerprint density at radius 2 is 0.913 bits per heavy atom. The summed E-state index contributed by atoms with van der Waals surface area (Å²) in [7, 11) is 0. The van der Waals surface area contributed by atoms with Gasteiger partial charge in [0.2, 0.25) is 0 Å². The Labute approximate surface area is 292 Å². The fourth-order valence-corrected chi connectivity index (χ4v) is 12.8. The predicted octanol–water partition coefficient (Wildman–Crippen LogP) is 14.1. The molecule has 8 heterocycles. The number of fused-ring (bicyclic) bond motifs is 14. The van der Waals surface area contributed by atoms with Crippen molar-refractivity contribution in [3.63, 3.8) is 0 Å². The van der Waals surface area contributed by atoms with E-state index in [1.165, 1.54) is 41.0 Å². The van der Waals surface area contributed by atoms with E-state index in [1.54, 1.807) is 22.7 Å². The zero-order valence-electron chi connectivity index (χ0n) is 24.0. The average molecular weight is 799 g/mol. The monoisotopic (exact) mass is 796 g/mol. The molecule has 0 N–H and O–H groups in total. The van der Waals surface area contributed by atoms with Crippen LogP contribution in [0.4, 0.5) is 0 Å². The number of thiophene rings is 4. The number of hydrogen-bond donors (Lipinski definition) is 0. The molecule has 0 unspecified atom stereocenters. The molecular formula is C36H18Br2N2O2S4. The summed E-state index contributed by atoms with van der Waals surface area (Å²) in [6.07, 6.45) is 0. The van der Waals surface area contributed by atoms with Crippen molar-refractivity contribution in [1.82, 2.24) is 9.13 Å². The third-order valence-electron chi connectivity index (χ3n) is 8.97. The molecule has 0 aliphatic rings. The quantitative estimate of drug-likeness (QED) is 0.175. The molecule has 0 fully saturated rings. The SMILES string of the molecule is Cc1ccc(-n2c3cc(Br)sc3c3sc4c5cc6oc7c(sc8c9sc(Br)cc9n(-c9ccc(C)cc9)c78)c6cc5oc4c32)cc1. The highest BCUT2D eigenvalue weighted by atomic mass is 79.9. The second-order valence-corrected chi connectivity index (χ2v) is 18.7.